The van der Waals surface area contributed by atoms with Gasteiger partial charge in [0.1, 0.15) is 0 Å². The number of nitrogens with zero attached hydrogens (tertiary/aromatic N) is 1. The molecule has 0 spiro atoms. The second kappa shape index (κ2) is 9.52. The van der Waals surface area contributed by atoms with Crippen molar-refractivity contribution in [2.24, 2.45) is 0 Å². The minimum atomic E-state index is -2.56. The Kier molecular flexibility index (Phi) is 8.00. The molecule has 0 aliphatic rings. The highest BCUT2D eigenvalue weighted by molar-refractivity contribution is 5.60. The van der Waals surface area contributed by atoms with E-state index in [-0.39, 0.29) is 5.56 Å². The Bertz CT molecular complexity index is 407. The van der Waals surface area contributed by atoms with Crippen molar-refractivity contribution in [3.8, 4) is 0 Å². The van der Waals surface area contributed by atoms with Crippen molar-refractivity contribution in [1.82, 2.24) is 0 Å². The summed E-state index contributed by atoms with van der Waals surface area (Å²) in [7, 11) is 0. The second-order valence-corrected chi connectivity index (χ2v) is 4.50. The molecule has 120 valence electrons. The molecule has 1 aromatic rings. The van der Waals surface area contributed by atoms with Crippen LogP contribution in [0.3, 0.4) is 0 Å². The molecule has 6 heteroatoms. The summed E-state index contributed by atoms with van der Waals surface area (Å²) >= 11 is 0. The largest absolute Gasteiger partial charge is 0.399 e. The summed E-state index contributed by atoms with van der Waals surface area (Å²) in [4.78, 5) is 1.85. The monoisotopic (exact) mass is 302 g/mol. The van der Waals surface area contributed by atoms with Gasteiger partial charge in [-0.05, 0) is 32.0 Å². The first-order valence-corrected chi connectivity index (χ1v) is 7.18. The fourth-order valence-corrected chi connectivity index (χ4v) is 2.03. The summed E-state index contributed by atoms with van der Waals surface area (Å²) in [6.45, 7) is 7.03. The van der Waals surface area contributed by atoms with E-state index in [4.69, 9.17) is 15.2 Å². The first kappa shape index (κ1) is 17.7. The highest BCUT2D eigenvalue weighted by Gasteiger charge is 2.18. The Morgan fingerprint density at radius 1 is 1.10 bits per heavy atom. The fraction of sp³-hybridized carbons (Fsp3) is 0.600. The molecule has 0 heterocycles. The number of hydrogen-bond acceptors (Lipinski definition) is 4. The van der Waals surface area contributed by atoms with Crippen LogP contribution in [0.25, 0.3) is 0 Å². The number of nitrogen functional groups attached to an aromatic ring is 1. The van der Waals surface area contributed by atoms with E-state index >= 15 is 0 Å². The van der Waals surface area contributed by atoms with Crippen LogP contribution in [0.5, 0.6) is 0 Å². The zero-order chi connectivity index (χ0) is 15.7. The SMILES string of the molecule is CCOCCN(CCOCC)c1ccc(N)cc1C(F)F. The Morgan fingerprint density at radius 3 is 2.14 bits per heavy atom. The number of alkyl halides is 2. The van der Waals surface area contributed by atoms with E-state index in [2.05, 4.69) is 0 Å². The maximum atomic E-state index is 13.2. The minimum absolute atomic E-state index is 0.0528. The summed E-state index contributed by atoms with van der Waals surface area (Å²) < 4.78 is 37.0. The second-order valence-electron chi connectivity index (χ2n) is 4.50. The third-order valence-electron chi connectivity index (χ3n) is 3.05. The van der Waals surface area contributed by atoms with Crippen molar-refractivity contribution < 1.29 is 18.3 Å². The number of anilines is 2. The van der Waals surface area contributed by atoms with Gasteiger partial charge in [0.15, 0.2) is 0 Å². The highest BCUT2D eigenvalue weighted by atomic mass is 19.3. The maximum Gasteiger partial charge on any atom is 0.265 e. The molecule has 0 unspecified atom stereocenters. The summed E-state index contributed by atoms with van der Waals surface area (Å²) in [6, 6.07) is 4.60. The molecule has 0 fully saturated rings. The van der Waals surface area contributed by atoms with Crippen LogP contribution in [0.4, 0.5) is 20.2 Å². The first-order valence-electron chi connectivity index (χ1n) is 7.18. The summed E-state index contributed by atoms with van der Waals surface area (Å²) in [6.07, 6.45) is -2.56. The average Bonchev–Trinajstić information content (AvgIpc) is 2.46. The molecule has 0 amide bonds. The molecule has 2 N–H and O–H groups in total. The van der Waals surface area contributed by atoms with Gasteiger partial charge in [0.2, 0.25) is 0 Å². The van der Waals surface area contributed by atoms with E-state index in [1.807, 2.05) is 18.7 Å². The molecule has 0 aliphatic carbocycles. The zero-order valence-corrected chi connectivity index (χ0v) is 12.6. The molecule has 4 nitrogen and oxygen atoms in total. The van der Waals surface area contributed by atoms with Crippen molar-refractivity contribution >= 4 is 11.4 Å². The highest BCUT2D eigenvalue weighted by Crippen LogP contribution is 2.31. The topological polar surface area (TPSA) is 47.7 Å². The Labute approximate surface area is 124 Å². The lowest BCUT2D eigenvalue weighted by atomic mass is 10.1. The third-order valence-corrected chi connectivity index (χ3v) is 3.05. The quantitative estimate of drug-likeness (QED) is 0.533. The molecule has 0 radical (unpaired) electrons. The number of ether oxygens (including phenoxy) is 2. The smallest absolute Gasteiger partial charge is 0.265 e. The van der Waals surface area contributed by atoms with Crippen LogP contribution in [0.2, 0.25) is 0 Å². The predicted molar refractivity (Wildman–Crippen MR) is 81.0 cm³/mol. The van der Waals surface area contributed by atoms with E-state index in [1.54, 1.807) is 12.1 Å². The fourth-order valence-electron chi connectivity index (χ4n) is 2.03. The molecule has 0 aromatic heterocycles. The van der Waals surface area contributed by atoms with E-state index in [1.165, 1.54) is 6.07 Å². The summed E-state index contributed by atoms with van der Waals surface area (Å²) in [5.74, 6) is 0. The van der Waals surface area contributed by atoms with Gasteiger partial charge in [-0.1, -0.05) is 0 Å². The van der Waals surface area contributed by atoms with Crippen LogP contribution < -0.4 is 10.6 Å². The Hall–Kier alpha value is -1.40. The lowest BCUT2D eigenvalue weighted by Gasteiger charge is -2.27. The maximum absolute atomic E-state index is 13.2. The van der Waals surface area contributed by atoms with Crippen molar-refractivity contribution in [3.05, 3.63) is 23.8 Å². The predicted octanol–water partition coefficient (Wildman–Crippen LogP) is 3.09. The normalized spacial score (nSPS) is 11.1. The Morgan fingerprint density at radius 2 is 1.67 bits per heavy atom. The average molecular weight is 302 g/mol. The molecule has 1 aromatic carbocycles. The molecule has 0 bridgehead atoms. The van der Waals surface area contributed by atoms with Gasteiger partial charge in [-0.2, -0.15) is 0 Å². The van der Waals surface area contributed by atoms with E-state index in [0.717, 1.165) is 0 Å². The van der Waals surface area contributed by atoms with Crippen LogP contribution in [0.15, 0.2) is 18.2 Å². The van der Waals surface area contributed by atoms with Crippen LogP contribution in [-0.4, -0.2) is 39.5 Å². The van der Waals surface area contributed by atoms with Crippen molar-refractivity contribution in [2.45, 2.75) is 20.3 Å². The van der Waals surface area contributed by atoms with Crippen LogP contribution >= 0.6 is 0 Å². The number of nitrogens with two attached hydrogens (primary N) is 1. The first-order chi connectivity index (χ1) is 10.1. The van der Waals surface area contributed by atoms with Crippen LogP contribution in [0, 0.1) is 0 Å². The number of hydrogen-bond donors (Lipinski definition) is 1. The lowest BCUT2D eigenvalue weighted by molar-refractivity contribution is 0.139. The standard InChI is InChI=1S/C15H24F2N2O2/c1-3-20-9-7-19(8-10-21-4-2)14-6-5-12(18)11-13(14)15(16)17/h5-6,11,15H,3-4,7-10,18H2,1-2H3. The van der Waals surface area contributed by atoms with Gasteiger partial charge in [-0.3, -0.25) is 0 Å². The van der Waals surface area contributed by atoms with Gasteiger partial charge >= 0.3 is 0 Å². The van der Waals surface area contributed by atoms with Gasteiger partial charge in [0, 0.05) is 43.2 Å². The minimum Gasteiger partial charge on any atom is -0.399 e. The molecular weight excluding hydrogens is 278 g/mol. The van der Waals surface area contributed by atoms with Gasteiger partial charge in [-0.25, -0.2) is 8.78 Å². The molecule has 0 atom stereocenters. The summed E-state index contributed by atoms with van der Waals surface area (Å²) in [5, 5.41) is 0. The number of halogens is 2. The lowest BCUT2D eigenvalue weighted by Crippen LogP contribution is -2.32. The Balaban J connectivity index is 2.89. The van der Waals surface area contributed by atoms with Crippen LogP contribution in [0.1, 0.15) is 25.8 Å². The molecule has 0 saturated heterocycles. The molecule has 1 rings (SSSR count). The van der Waals surface area contributed by atoms with Gasteiger partial charge in [-0.15, -0.1) is 0 Å². The van der Waals surface area contributed by atoms with Crippen molar-refractivity contribution in [1.29, 1.82) is 0 Å². The molecule has 21 heavy (non-hydrogen) atoms. The van der Waals surface area contributed by atoms with E-state index in [0.29, 0.717) is 50.9 Å². The number of rotatable bonds is 10. The number of benzene rings is 1. The zero-order valence-electron chi connectivity index (χ0n) is 12.6. The molecule has 0 saturated carbocycles. The van der Waals surface area contributed by atoms with Crippen LogP contribution in [-0.2, 0) is 9.47 Å². The van der Waals surface area contributed by atoms with Gasteiger partial charge < -0.3 is 20.1 Å². The summed E-state index contributed by atoms with van der Waals surface area (Å²) in [5.41, 5.74) is 6.38. The van der Waals surface area contributed by atoms with Crippen molar-refractivity contribution in [2.75, 3.05) is 50.2 Å². The van der Waals surface area contributed by atoms with Gasteiger partial charge in [0.05, 0.1) is 13.2 Å². The molecule has 0 aliphatic heterocycles. The third kappa shape index (κ3) is 5.85. The van der Waals surface area contributed by atoms with Crippen molar-refractivity contribution in [3.63, 3.8) is 0 Å². The van der Waals surface area contributed by atoms with Gasteiger partial charge in [0.25, 0.3) is 6.43 Å². The molecular formula is C15H24F2N2O2. The van der Waals surface area contributed by atoms with E-state index in [9.17, 15) is 8.78 Å². The van der Waals surface area contributed by atoms with E-state index < -0.39 is 6.43 Å².